The topological polar surface area (TPSA) is 86.8 Å². The second-order valence-corrected chi connectivity index (χ2v) is 12.5. The van der Waals surface area contributed by atoms with Gasteiger partial charge in [0.2, 0.25) is 11.8 Å². The van der Waals surface area contributed by atoms with E-state index >= 15 is 0 Å². The summed E-state index contributed by atoms with van der Waals surface area (Å²) in [6.45, 7) is 7.51. The first-order valence-electron chi connectivity index (χ1n) is 13.7. The summed E-state index contributed by atoms with van der Waals surface area (Å²) in [5.74, 6) is -0.842. The van der Waals surface area contributed by atoms with Crippen LogP contribution in [-0.2, 0) is 32.6 Å². The first kappa shape index (κ1) is 32.4. The molecule has 0 aromatic heterocycles. The van der Waals surface area contributed by atoms with E-state index in [9.17, 15) is 18.0 Å². The van der Waals surface area contributed by atoms with Gasteiger partial charge < -0.3 is 10.2 Å². The second-order valence-electron chi connectivity index (χ2n) is 9.78. The van der Waals surface area contributed by atoms with Gasteiger partial charge in [0, 0.05) is 23.1 Å². The fourth-order valence-electron chi connectivity index (χ4n) is 4.52. The zero-order valence-electron chi connectivity index (χ0n) is 23.9. The zero-order chi connectivity index (χ0) is 30.2. The van der Waals surface area contributed by atoms with Crippen LogP contribution in [0.4, 0.5) is 5.69 Å². The SMILES string of the molecule is CCCNC(=O)[C@@H](CC)N(Cc1ccc(Cl)cc1Cl)C(=O)CN(c1ccccc1CC)S(=O)(=O)c1ccc(C)cc1. The van der Waals surface area contributed by atoms with Crippen molar-refractivity contribution < 1.29 is 18.0 Å². The van der Waals surface area contributed by atoms with E-state index in [1.807, 2.05) is 39.8 Å². The molecule has 220 valence electrons. The molecular formula is C31H37Cl2N3O4S. The number of aryl methyl sites for hydroxylation is 2. The van der Waals surface area contributed by atoms with E-state index < -0.39 is 28.5 Å². The Balaban J connectivity index is 2.11. The lowest BCUT2D eigenvalue weighted by Crippen LogP contribution is -2.52. The maximum absolute atomic E-state index is 14.2. The minimum absolute atomic E-state index is 0.000725. The quantitative estimate of drug-likeness (QED) is 0.241. The number of benzene rings is 3. The van der Waals surface area contributed by atoms with Gasteiger partial charge >= 0.3 is 0 Å². The van der Waals surface area contributed by atoms with Gasteiger partial charge in [-0.25, -0.2) is 8.42 Å². The van der Waals surface area contributed by atoms with Crippen LogP contribution in [0.1, 0.15) is 50.3 Å². The highest BCUT2D eigenvalue weighted by Crippen LogP contribution is 2.29. The Hall–Kier alpha value is -3.07. The lowest BCUT2D eigenvalue weighted by atomic mass is 10.1. The Bertz CT molecular complexity index is 1460. The molecule has 0 heterocycles. The molecule has 0 saturated carbocycles. The van der Waals surface area contributed by atoms with Crippen LogP contribution >= 0.6 is 23.2 Å². The van der Waals surface area contributed by atoms with Crippen LogP contribution in [0, 0.1) is 6.92 Å². The lowest BCUT2D eigenvalue weighted by Gasteiger charge is -2.34. The number of hydrogen-bond donors (Lipinski definition) is 1. The summed E-state index contributed by atoms with van der Waals surface area (Å²) < 4.78 is 29.3. The van der Waals surface area contributed by atoms with Crippen LogP contribution in [0.3, 0.4) is 0 Å². The number of sulfonamides is 1. The summed E-state index contributed by atoms with van der Waals surface area (Å²) >= 11 is 12.6. The summed E-state index contributed by atoms with van der Waals surface area (Å²) in [6.07, 6.45) is 1.61. The third-order valence-corrected chi connectivity index (χ3v) is 9.18. The highest BCUT2D eigenvalue weighted by molar-refractivity contribution is 7.92. The van der Waals surface area contributed by atoms with Crippen molar-refractivity contribution in [2.75, 3.05) is 17.4 Å². The van der Waals surface area contributed by atoms with Gasteiger partial charge in [-0.1, -0.05) is 85.9 Å². The summed E-state index contributed by atoms with van der Waals surface area (Å²) in [4.78, 5) is 28.9. The van der Waals surface area contributed by atoms with Crippen molar-refractivity contribution in [2.24, 2.45) is 0 Å². The number of hydrogen-bond acceptors (Lipinski definition) is 4. The maximum Gasteiger partial charge on any atom is 0.264 e. The number of nitrogens with zero attached hydrogens (tertiary/aromatic N) is 2. The monoisotopic (exact) mass is 617 g/mol. The Labute approximate surface area is 253 Å². The number of para-hydroxylation sites is 1. The molecule has 10 heteroatoms. The number of rotatable bonds is 13. The predicted molar refractivity (Wildman–Crippen MR) is 166 cm³/mol. The molecule has 0 fully saturated rings. The molecular weight excluding hydrogens is 581 g/mol. The second kappa shape index (κ2) is 14.7. The molecule has 3 aromatic carbocycles. The van der Waals surface area contributed by atoms with Crippen molar-refractivity contribution >= 4 is 50.7 Å². The van der Waals surface area contributed by atoms with Crippen molar-refractivity contribution in [1.29, 1.82) is 0 Å². The van der Waals surface area contributed by atoms with Gasteiger partial charge in [0.05, 0.1) is 10.6 Å². The highest BCUT2D eigenvalue weighted by Gasteiger charge is 2.34. The van der Waals surface area contributed by atoms with Gasteiger partial charge in [-0.3, -0.25) is 13.9 Å². The standard InChI is InChI=1S/C31H37Cl2N3O4S/c1-5-18-34-31(38)28(7-3)35(20-24-14-15-25(32)19-27(24)33)30(37)21-36(29-11-9-8-10-23(29)6-2)41(39,40)26-16-12-22(4)13-17-26/h8-17,19,28H,5-7,18,20-21H2,1-4H3,(H,34,38)/t28-/m1/s1. The molecule has 41 heavy (non-hydrogen) atoms. The fraction of sp³-hybridized carbons (Fsp3) is 0.355. The zero-order valence-corrected chi connectivity index (χ0v) is 26.2. The smallest absolute Gasteiger partial charge is 0.264 e. The van der Waals surface area contributed by atoms with Crippen molar-refractivity contribution in [3.8, 4) is 0 Å². The number of halogens is 2. The predicted octanol–water partition coefficient (Wildman–Crippen LogP) is 6.39. The maximum atomic E-state index is 14.2. The van der Waals surface area contributed by atoms with Crippen LogP contribution in [0.15, 0.2) is 71.6 Å². The average Bonchev–Trinajstić information content (AvgIpc) is 2.95. The van der Waals surface area contributed by atoms with Crippen molar-refractivity contribution in [3.05, 3.63) is 93.5 Å². The largest absolute Gasteiger partial charge is 0.354 e. The van der Waals surface area contributed by atoms with Gasteiger partial charge in [-0.05, 0) is 67.6 Å². The van der Waals surface area contributed by atoms with Crippen LogP contribution in [0.25, 0.3) is 0 Å². The number of nitrogens with one attached hydrogen (secondary N) is 1. The molecule has 0 aliphatic carbocycles. The number of anilines is 1. The first-order valence-corrected chi connectivity index (χ1v) is 15.9. The Morgan fingerprint density at radius 3 is 2.22 bits per heavy atom. The van der Waals surface area contributed by atoms with Crippen molar-refractivity contribution in [1.82, 2.24) is 10.2 Å². The molecule has 3 aromatic rings. The van der Waals surface area contributed by atoms with E-state index in [0.717, 1.165) is 21.9 Å². The van der Waals surface area contributed by atoms with Gasteiger partial charge in [0.15, 0.2) is 0 Å². The molecule has 0 aliphatic heterocycles. The molecule has 0 bridgehead atoms. The fourth-order valence-corrected chi connectivity index (χ4v) is 6.44. The van der Waals surface area contributed by atoms with E-state index in [-0.39, 0.29) is 17.3 Å². The van der Waals surface area contributed by atoms with Gasteiger partial charge in [-0.15, -0.1) is 0 Å². The number of carbonyl (C=O) groups excluding carboxylic acids is 2. The van der Waals surface area contributed by atoms with Crippen LogP contribution in [0.5, 0.6) is 0 Å². The van der Waals surface area contributed by atoms with Gasteiger partial charge in [0.25, 0.3) is 10.0 Å². The van der Waals surface area contributed by atoms with Crippen molar-refractivity contribution in [3.63, 3.8) is 0 Å². The molecule has 1 atom stereocenters. The molecule has 1 N–H and O–H groups in total. The minimum atomic E-state index is -4.14. The Morgan fingerprint density at radius 2 is 1.61 bits per heavy atom. The molecule has 0 radical (unpaired) electrons. The summed E-state index contributed by atoms with van der Waals surface area (Å²) in [7, 11) is -4.14. The third kappa shape index (κ3) is 8.03. The molecule has 0 aliphatic rings. The van der Waals surface area contributed by atoms with E-state index in [1.165, 1.54) is 17.0 Å². The summed E-state index contributed by atoms with van der Waals surface area (Å²) in [5.41, 5.74) is 2.69. The lowest BCUT2D eigenvalue weighted by molar-refractivity contribution is -0.140. The number of amides is 2. The number of carbonyl (C=O) groups is 2. The Kier molecular flexibility index (Phi) is 11.6. The molecule has 7 nitrogen and oxygen atoms in total. The normalized spacial score (nSPS) is 12.0. The van der Waals surface area contributed by atoms with E-state index in [0.29, 0.717) is 40.7 Å². The molecule has 2 amide bonds. The highest BCUT2D eigenvalue weighted by atomic mass is 35.5. The minimum Gasteiger partial charge on any atom is -0.354 e. The first-order chi connectivity index (χ1) is 19.5. The van der Waals surface area contributed by atoms with Crippen molar-refractivity contribution in [2.45, 2.75) is 64.4 Å². The van der Waals surface area contributed by atoms with E-state index in [2.05, 4.69) is 5.32 Å². The summed E-state index contributed by atoms with van der Waals surface area (Å²) in [5, 5.41) is 3.66. The summed E-state index contributed by atoms with van der Waals surface area (Å²) in [6, 6.07) is 17.7. The van der Waals surface area contributed by atoms with Crippen LogP contribution in [0.2, 0.25) is 10.0 Å². The molecule has 0 unspecified atom stereocenters. The van der Waals surface area contributed by atoms with Crippen LogP contribution < -0.4 is 9.62 Å². The molecule has 0 saturated heterocycles. The third-order valence-electron chi connectivity index (χ3n) is 6.82. The van der Waals surface area contributed by atoms with Crippen LogP contribution in [-0.4, -0.2) is 44.3 Å². The molecule has 0 spiro atoms. The molecule has 3 rings (SSSR count). The average molecular weight is 619 g/mol. The van der Waals surface area contributed by atoms with E-state index in [1.54, 1.807) is 42.5 Å². The Morgan fingerprint density at radius 1 is 0.927 bits per heavy atom. The van der Waals surface area contributed by atoms with E-state index in [4.69, 9.17) is 23.2 Å². The van der Waals surface area contributed by atoms with Gasteiger partial charge in [0.1, 0.15) is 12.6 Å². The van der Waals surface area contributed by atoms with Gasteiger partial charge in [-0.2, -0.15) is 0 Å².